The van der Waals surface area contributed by atoms with Crippen molar-refractivity contribution in [3.8, 4) is 11.4 Å². The molecule has 128 valence electrons. The minimum absolute atomic E-state index is 0.0196. The first-order valence-corrected chi connectivity index (χ1v) is 8.22. The maximum Gasteiger partial charge on any atom is 0.225 e. The fraction of sp³-hybridized carbons (Fsp3) is 0.167. The Kier molecular flexibility index (Phi) is 5.42. The smallest absolute Gasteiger partial charge is 0.225 e. The number of nitrogens with one attached hydrogen (secondary N) is 2. The lowest BCUT2D eigenvalue weighted by Crippen LogP contribution is -2.21. The summed E-state index contributed by atoms with van der Waals surface area (Å²) in [6, 6.07) is 14.7. The Morgan fingerprint density at radius 3 is 2.68 bits per heavy atom. The zero-order valence-corrected chi connectivity index (χ0v) is 14.4. The lowest BCUT2D eigenvalue weighted by molar-refractivity contribution is 0.281. The number of aliphatic hydroxyl groups is 1. The van der Waals surface area contributed by atoms with E-state index in [9.17, 15) is 5.11 Å². The highest BCUT2D eigenvalue weighted by Gasteiger charge is 2.10. The minimum Gasteiger partial charge on any atom is -0.394 e. The number of anilines is 3. The monoisotopic (exact) mass is 355 g/mol. The Morgan fingerprint density at radius 2 is 1.96 bits per heavy atom. The van der Waals surface area contributed by atoms with Crippen LogP contribution in [0.5, 0.6) is 0 Å². The van der Waals surface area contributed by atoms with Crippen LogP contribution in [0.15, 0.2) is 54.7 Å². The second-order valence-electron chi connectivity index (χ2n) is 5.54. The van der Waals surface area contributed by atoms with Crippen molar-refractivity contribution in [2.75, 3.05) is 17.2 Å². The summed E-state index contributed by atoms with van der Waals surface area (Å²) in [5, 5.41) is 16.2. The molecule has 0 unspecified atom stereocenters. The first kappa shape index (κ1) is 17.1. The second-order valence-corrected chi connectivity index (χ2v) is 5.98. The van der Waals surface area contributed by atoms with E-state index in [-0.39, 0.29) is 12.6 Å². The van der Waals surface area contributed by atoms with Gasteiger partial charge in [0.15, 0.2) is 0 Å². The van der Waals surface area contributed by atoms with E-state index in [0.29, 0.717) is 22.5 Å². The molecule has 0 saturated carbocycles. The molecule has 0 aliphatic carbocycles. The first-order valence-electron chi connectivity index (χ1n) is 7.84. The summed E-state index contributed by atoms with van der Waals surface area (Å²) in [6.07, 6.45) is 1.71. The summed E-state index contributed by atoms with van der Waals surface area (Å²) in [6.45, 7) is 1.83. The molecule has 7 heteroatoms. The molecule has 1 aromatic carbocycles. The molecule has 1 atom stereocenters. The van der Waals surface area contributed by atoms with E-state index >= 15 is 0 Å². The molecule has 0 aliphatic rings. The summed E-state index contributed by atoms with van der Waals surface area (Å²) in [5.74, 6) is 1.01. The molecule has 0 spiro atoms. The SMILES string of the molecule is C[C@@H](CO)Nc1nc(Nc2cccc(Cl)c2)cc(-c2ccccn2)n1. The van der Waals surface area contributed by atoms with Crippen molar-refractivity contribution in [1.29, 1.82) is 0 Å². The van der Waals surface area contributed by atoms with E-state index in [1.807, 2.05) is 55.5 Å². The average Bonchev–Trinajstić information content (AvgIpc) is 2.62. The second kappa shape index (κ2) is 7.92. The maximum atomic E-state index is 9.26. The van der Waals surface area contributed by atoms with Crippen molar-refractivity contribution < 1.29 is 5.11 Å². The van der Waals surface area contributed by atoms with E-state index in [2.05, 4.69) is 25.6 Å². The molecular weight excluding hydrogens is 338 g/mol. The fourth-order valence-electron chi connectivity index (χ4n) is 2.20. The zero-order valence-electron chi connectivity index (χ0n) is 13.6. The van der Waals surface area contributed by atoms with E-state index in [4.69, 9.17) is 11.6 Å². The first-order chi connectivity index (χ1) is 12.1. The molecule has 25 heavy (non-hydrogen) atoms. The molecule has 0 bridgehead atoms. The van der Waals surface area contributed by atoms with E-state index in [1.54, 1.807) is 6.20 Å². The van der Waals surface area contributed by atoms with Crippen LogP contribution in [-0.4, -0.2) is 32.7 Å². The van der Waals surface area contributed by atoms with Gasteiger partial charge in [0.25, 0.3) is 0 Å². The molecule has 2 heterocycles. The van der Waals surface area contributed by atoms with E-state index in [1.165, 1.54) is 0 Å². The standard InChI is InChI=1S/C18H18ClN5O/c1-12(11-25)21-18-23-16(15-7-2-3-8-20-15)10-17(24-18)22-14-6-4-5-13(19)9-14/h2-10,12,25H,11H2,1H3,(H2,21,22,23,24)/t12-/m0/s1. The van der Waals surface area contributed by atoms with Crippen LogP contribution in [0.3, 0.4) is 0 Å². The van der Waals surface area contributed by atoms with Gasteiger partial charge in [-0.1, -0.05) is 23.7 Å². The maximum absolute atomic E-state index is 9.26. The van der Waals surface area contributed by atoms with E-state index in [0.717, 1.165) is 11.4 Å². The molecule has 0 radical (unpaired) electrons. The van der Waals surface area contributed by atoms with Gasteiger partial charge in [-0.3, -0.25) is 4.98 Å². The summed E-state index contributed by atoms with van der Waals surface area (Å²) >= 11 is 6.03. The summed E-state index contributed by atoms with van der Waals surface area (Å²) in [4.78, 5) is 13.3. The highest BCUT2D eigenvalue weighted by Crippen LogP contribution is 2.24. The van der Waals surface area contributed by atoms with E-state index < -0.39 is 0 Å². The van der Waals surface area contributed by atoms with Gasteiger partial charge in [-0.2, -0.15) is 4.98 Å². The van der Waals surface area contributed by atoms with Crippen molar-refractivity contribution in [2.24, 2.45) is 0 Å². The quantitative estimate of drug-likeness (QED) is 0.625. The molecule has 2 aromatic heterocycles. The molecule has 3 aromatic rings. The molecule has 0 aliphatic heterocycles. The summed E-state index contributed by atoms with van der Waals surface area (Å²) < 4.78 is 0. The van der Waals surface area contributed by atoms with Gasteiger partial charge < -0.3 is 15.7 Å². The third-order valence-electron chi connectivity index (χ3n) is 3.40. The molecule has 0 fully saturated rings. The molecule has 0 amide bonds. The third-order valence-corrected chi connectivity index (χ3v) is 3.63. The van der Waals surface area contributed by atoms with Crippen LogP contribution in [-0.2, 0) is 0 Å². The Hall–Kier alpha value is -2.70. The largest absolute Gasteiger partial charge is 0.394 e. The summed E-state index contributed by atoms with van der Waals surface area (Å²) in [5.41, 5.74) is 2.23. The number of pyridine rings is 1. The Balaban J connectivity index is 1.97. The molecule has 3 rings (SSSR count). The fourth-order valence-corrected chi connectivity index (χ4v) is 2.39. The highest BCUT2D eigenvalue weighted by molar-refractivity contribution is 6.30. The van der Waals surface area contributed by atoms with Gasteiger partial charge in [-0.15, -0.1) is 0 Å². The normalized spacial score (nSPS) is 11.8. The molecular formula is C18H18ClN5O. The third kappa shape index (κ3) is 4.65. The topological polar surface area (TPSA) is 83.0 Å². The lowest BCUT2D eigenvalue weighted by atomic mass is 10.2. The van der Waals surface area contributed by atoms with Crippen LogP contribution in [0.25, 0.3) is 11.4 Å². The minimum atomic E-state index is -0.169. The number of benzene rings is 1. The molecule has 6 nitrogen and oxygen atoms in total. The number of hydrogen-bond acceptors (Lipinski definition) is 6. The Bertz CT molecular complexity index is 844. The molecule has 3 N–H and O–H groups in total. The van der Waals surface area contributed by atoms with Crippen LogP contribution in [0.1, 0.15) is 6.92 Å². The Morgan fingerprint density at radius 1 is 1.08 bits per heavy atom. The van der Waals surface area contributed by atoms with Gasteiger partial charge >= 0.3 is 0 Å². The summed E-state index contributed by atoms with van der Waals surface area (Å²) in [7, 11) is 0. The number of aromatic nitrogens is 3. The number of rotatable bonds is 6. The van der Waals surface area contributed by atoms with Gasteiger partial charge in [0.05, 0.1) is 18.0 Å². The number of aliphatic hydroxyl groups excluding tert-OH is 1. The van der Waals surface area contributed by atoms with Crippen molar-refractivity contribution >= 4 is 29.1 Å². The van der Waals surface area contributed by atoms with Crippen LogP contribution in [0, 0.1) is 0 Å². The van der Waals surface area contributed by atoms with Crippen molar-refractivity contribution in [3.63, 3.8) is 0 Å². The van der Waals surface area contributed by atoms with Crippen molar-refractivity contribution in [1.82, 2.24) is 15.0 Å². The van der Waals surface area contributed by atoms with Crippen LogP contribution in [0.2, 0.25) is 5.02 Å². The highest BCUT2D eigenvalue weighted by atomic mass is 35.5. The number of hydrogen-bond donors (Lipinski definition) is 3. The average molecular weight is 356 g/mol. The predicted molar refractivity (Wildman–Crippen MR) is 100 cm³/mol. The lowest BCUT2D eigenvalue weighted by Gasteiger charge is -2.14. The predicted octanol–water partition coefficient (Wildman–Crippen LogP) is 3.73. The van der Waals surface area contributed by atoms with Crippen LogP contribution >= 0.6 is 11.6 Å². The van der Waals surface area contributed by atoms with Gasteiger partial charge in [0.2, 0.25) is 5.95 Å². The van der Waals surface area contributed by atoms with Crippen LogP contribution in [0.4, 0.5) is 17.5 Å². The number of nitrogens with zero attached hydrogens (tertiary/aromatic N) is 3. The van der Waals surface area contributed by atoms with Gasteiger partial charge in [-0.05, 0) is 37.3 Å². The van der Waals surface area contributed by atoms with Gasteiger partial charge in [0, 0.05) is 29.0 Å². The Labute approximate surface area is 150 Å². The van der Waals surface area contributed by atoms with Gasteiger partial charge in [-0.25, -0.2) is 4.98 Å². The zero-order chi connectivity index (χ0) is 17.6. The molecule has 0 saturated heterocycles. The van der Waals surface area contributed by atoms with Crippen molar-refractivity contribution in [3.05, 3.63) is 59.8 Å². The van der Waals surface area contributed by atoms with Gasteiger partial charge in [0.1, 0.15) is 5.82 Å². The van der Waals surface area contributed by atoms with Crippen LogP contribution < -0.4 is 10.6 Å². The number of halogens is 1. The van der Waals surface area contributed by atoms with Crippen molar-refractivity contribution in [2.45, 2.75) is 13.0 Å².